The van der Waals surface area contributed by atoms with Crippen LogP contribution < -0.4 is 0 Å². The van der Waals surface area contributed by atoms with Crippen molar-refractivity contribution >= 4 is 0 Å². The lowest BCUT2D eigenvalue weighted by Crippen LogP contribution is -2.23. The molecule has 0 amide bonds. The van der Waals surface area contributed by atoms with Crippen molar-refractivity contribution in [2.24, 2.45) is 23.7 Å². The minimum Gasteiger partial charge on any atom is -0.204 e. The van der Waals surface area contributed by atoms with E-state index in [4.69, 9.17) is 0 Å². The van der Waals surface area contributed by atoms with E-state index in [1.165, 1.54) is 63.5 Å². The molecule has 2 aliphatic carbocycles. The van der Waals surface area contributed by atoms with Crippen molar-refractivity contribution in [2.75, 3.05) is 0 Å². The molecule has 0 spiro atoms. The lowest BCUT2D eigenvalue weighted by molar-refractivity contribution is 0.169. The Bertz CT molecular complexity index is 587. The molecule has 3 heteroatoms. The molecule has 1 atom stereocenters. The Morgan fingerprint density at radius 3 is 2.00 bits per heavy atom. The molecule has 2 saturated carbocycles. The first-order valence-corrected chi connectivity index (χ1v) is 11.6. The Balaban J connectivity index is 1.43. The van der Waals surface area contributed by atoms with Crippen LogP contribution >= 0.6 is 0 Å². The van der Waals surface area contributed by atoms with Crippen LogP contribution in [0.3, 0.4) is 0 Å². The quantitative estimate of drug-likeness (QED) is 0.407. The first-order chi connectivity index (χ1) is 13.5. The van der Waals surface area contributed by atoms with Gasteiger partial charge in [-0.15, -0.1) is 0 Å². The Morgan fingerprint density at radius 2 is 1.43 bits per heavy atom. The van der Waals surface area contributed by atoms with Crippen LogP contribution in [0.4, 0.5) is 13.2 Å². The molecule has 0 N–H and O–H groups in total. The highest BCUT2D eigenvalue weighted by molar-refractivity contribution is 5.23. The molecule has 0 nitrogen and oxygen atoms in total. The van der Waals surface area contributed by atoms with E-state index in [1.54, 1.807) is 0 Å². The van der Waals surface area contributed by atoms with E-state index in [2.05, 4.69) is 13.8 Å². The Morgan fingerprint density at radius 1 is 0.857 bits per heavy atom. The van der Waals surface area contributed by atoms with Crippen LogP contribution in [-0.4, -0.2) is 0 Å². The number of rotatable bonds is 7. The SMILES string of the molecule is CCCCC1CCC(C(C)CC2CCC(c3cc(F)c(F)c(F)c3)CC2)CC1. The summed E-state index contributed by atoms with van der Waals surface area (Å²) in [5.74, 6) is 0.0845. The molecule has 1 unspecified atom stereocenters. The Labute approximate surface area is 169 Å². The maximum atomic E-state index is 13.5. The first-order valence-electron chi connectivity index (χ1n) is 11.6. The fourth-order valence-corrected chi connectivity index (χ4v) is 5.80. The van der Waals surface area contributed by atoms with E-state index in [0.717, 1.165) is 49.4 Å². The van der Waals surface area contributed by atoms with Gasteiger partial charge in [0.05, 0.1) is 0 Å². The van der Waals surface area contributed by atoms with Gasteiger partial charge in [0.1, 0.15) is 0 Å². The van der Waals surface area contributed by atoms with Crippen LogP contribution in [-0.2, 0) is 0 Å². The van der Waals surface area contributed by atoms with Crippen molar-refractivity contribution in [3.63, 3.8) is 0 Å². The molecule has 28 heavy (non-hydrogen) atoms. The number of hydrogen-bond donors (Lipinski definition) is 0. The van der Waals surface area contributed by atoms with Gasteiger partial charge in [-0.3, -0.25) is 0 Å². The standard InChI is InChI=1S/C25H37F3/c1-3-4-5-18-6-10-20(11-7-18)17(2)14-19-8-12-21(13-9-19)22-15-23(26)25(28)24(27)16-22/h15-21H,3-14H2,1-2H3. The molecule has 0 aromatic heterocycles. The summed E-state index contributed by atoms with van der Waals surface area (Å²) in [5.41, 5.74) is 0.633. The monoisotopic (exact) mass is 394 g/mol. The van der Waals surface area contributed by atoms with Gasteiger partial charge in [0.25, 0.3) is 0 Å². The predicted octanol–water partition coefficient (Wildman–Crippen LogP) is 8.40. The zero-order valence-electron chi connectivity index (χ0n) is 17.7. The second kappa shape index (κ2) is 10.2. The summed E-state index contributed by atoms with van der Waals surface area (Å²) >= 11 is 0. The van der Waals surface area contributed by atoms with E-state index in [-0.39, 0.29) is 5.92 Å². The highest BCUT2D eigenvalue weighted by Gasteiger charge is 2.29. The zero-order valence-corrected chi connectivity index (χ0v) is 17.7. The van der Waals surface area contributed by atoms with Crippen LogP contribution in [0.1, 0.15) is 102 Å². The third kappa shape index (κ3) is 5.54. The maximum absolute atomic E-state index is 13.5. The topological polar surface area (TPSA) is 0 Å². The molecular weight excluding hydrogens is 357 g/mol. The van der Waals surface area contributed by atoms with Crippen LogP contribution in [0.15, 0.2) is 12.1 Å². The second-order valence-electron chi connectivity index (χ2n) is 9.65. The van der Waals surface area contributed by atoms with Gasteiger partial charge in [-0.05, 0) is 92.2 Å². The lowest BCUT2D eigenvalue weighted by atomic mass is 9.70. The largest absolute Gasteiger partial charge is 0.204 e. The molecule has 2 aliphatic rings. The van der Waals surface area contributed by atoms with E-state index in [9.17, 15) is 13.2 Å². The van der Waals surface area contributed by atoms with Crippen molar-refractivity contribution in [3.8, 4) is 0 Å². The average molecular weight is 395 g/mol. The number of halogens is 3. The molecular formula is C25H37F3. The highest BCUT2D eigenvalue weighted by atomic mass is 19.2. The van der Waals surface area contributed by atoms with E-state index in [0.29, 0.717) is 5.56 Å². The summed E-state index contributed by atoms with van der Waals surface area (Å²) in [5, 5.41) is 0. The summed E-state index contributed by atoms with van der Waals surface area (Å²) in [4.78, 5) is 0. The van der Waals surface area contributed by atoms with E-state index < -0.39 is 17.5 Å². The third-order valence-corrected chi connectivity index (χ3v) is 7.69. The minimum atomic E-state index is -1.35. The number of benzene rings is 1. The first kappa shape index (κ1) is 21.7. The molecule has 0 heterocycles. The molecule has 0 aliphatic heterocycles. The molecule has 0 radical (unpaired) electrons. The summed E-state index contributed by atoms with van der Waals surface area (Å²) in [7, 11) is 0. The fourth-order valence-electron chi connectivity index (χ4n) is 5.80. The summed E-state index contributed by atoms with van der Waals surface area (Å²) in [6, 6.07) is 2.39. The Kier molecular flexibility index (Phi) is 7.88. The summed E-state index contributed by atoms with van der Waals surface area (Å²) in [6.07, 6.45) is 15.2. The average Bonchev–Trinajstić information content (AvgIpc) is 2.71. The van der Waals surface area contributed by atoms with Gasteiger partial charge < -0.3 is 0 Å². The van der Waals surface area contributed by atoms with Crippen molar-refractivity contribution in [2.45, 2.75) is 96.8 Å². The predicted molar refractivity (Wildman–Crippen MR) is 110 cm³/mol. The molecule has 158 valence electrons. The van der Waals surface area contributed by atoms with Crippen molar-refractivity contribution in [1.82, 2.24) is 0 Å². The molecule has 3 rings (SSSR count). The van der Waals surface area contributed by atoms with E-state index in [1.807, 2.05) is 0 Å². The molecule has 1 aromatic carbocycles. The molecule has 0 saturated heterocycles. The minimum absolute atomic E-state index is 0.171. The van der Waals surface area contributed by atoms with Crippen molar-refractivity contribution in [1.29, 1.82) is 0 Å². The van der Waals surface area contributed by atoms with Crippen LogP contribution in [0.2, 0.25) is 0 Å². The molecule has 0 bridgehead atoms. The smallest absolute Gasteiger partial charge is 0.194 e. The maximum Gasteiger partial charge on any atom is 0.194 e. The zero-order chi connectivity index (χ0) is 20.1. The Hall–Kier alpha value is -0.990. The number of hydrogen-bond acceptors (Lipinski definition) is 0. The third-order valence-electron chi connectivity index (χ3n) is 7.69. The van der Waals surface area contributed by atoms with Gasteiger partial charge in [-0.25, -0.2) is 13.2 Å². The van der Waals surface area contributed by atoms with Crippen LogP contribution in [0.5, 0.6) is 0 Å². The van der Waals surface area contributed by atoms with Crippen LogP contribution in [0.25, 0.3) is 0 Å². The van der Waals surface area contributed by atoms with Gasteiger partial charge in [-0.2, -0.15) is 0 Å². The molecule has 2 fully saturated rings. The fraction of sp³-hybridized carbons (Fsp3) is 0.760. The number of unbranched alkanes of at least 4 members (excludes halogenated alkanes) is 1. The van der Waals surface area contributed by atoms with Crippen molar-refractivity contribution < 1.29 is 13.2 Å². The van der Waals surface area contributed by atoms with Gasteiger partial charge in [-0.1, -0.05) is 46.0 Å². The van der Waals surface area contributed by atoms with Gasteiger partial charge in [0, 0.05) is 0 Å². The summed E-state index contributed by atoms with van der Waals surface area (Å²) < 4.78 is 40.3. The summed E-state index contributed by atoms with van der Waals surface area (Å²) in [6.45, 7) is 4.72. The normalized spacial score (nSPS) is 29.6. The van der Waals surface area contributed by atoms with Gasteiger partial charge in [0.2, 0.25) is 0 Å². The molecule has 1 aromatic rings. The van der Waals surface area contributed by atoms with Gasteiger partial charge >= 0.3 is 0 Å². The van der Waals surface area contributed by atoms with Crippen LogP contribution in [0, 0.1) is 41.1 Å². The van der Waals surface area contributed by atoms with Crippen molar-refractivity contribution in [3.05, 3.63) is 35.1 Å². The second-order valence-corrected chi connectivity index (χ2v) is 9.65. The lowest BCUT2D eigenvalue weighted by Gasteiger charge is -2.36. The van der Waals surface area contributed by atoms with Gasteiger partial charge in [0.15, 0.2) is 17.5 Å². The van der Waals surface area contributed by atoms with E-state index >= 15 is 0 Å². The highest BCUT2D eigenvalue weighted by Crippen LogP contribution is 2.42.